The Morgan fingerprint density at radius 2 is 0.960 bits per heavy atom. The lowest BCUT2D eigenvalue weighted by atomic mass is 9.83. The van der Waals surface area contributed by atoms with E-state index in [9.17, 15) is 31.4 Å². The van der Waals surface area contributed by atoms with Crippen molar-refractivity contribution in [2.45, 2.75) is 24.4 Å². The van der Waals surface area contributed by atoms with Gasteiger partial charge in [0, 0.05) is 6.42 Å². The van der Waals surface area contributed by atoms with Crippen LogP contribution in [-0.2, 0) is 18.0 Å². The van der Waals surface area contributed by atoms with Gasteiger partial charge in [-0.15, -0.1) is 6.58 Å². The van der Waals surface area contributed by atoms with E-state index in [1.807, 2.05) is 0 Å². The second kappa shape index (κ2) is 6.55. The predicted octanol–water partition coefficient (Wildman–Crippen LogP) is 5.54. The van der Waals surface area contributed by atoms with Crippen LogP contribution in [0.2, 0.25) is 0 Å². The summed E-state index contributed by atoms with van der Waals surface area (Å²) in [7, 11) is 0. The molecule has 0 aliphatic rings. The first-order valence-electron chi connectivity index (χ1n) is 7.17. The Morgan fingerprint density at radius 1 is 0.680 bits per heavy atom. The van der Waals surface area contributed by atoms with Gasteiger partial charge in [-0.1, -0.05) is 30.3 Å². The molecule has 0 saturated heterocycles. The third-order valence-corrected chi connectivity index (χ3v) is 3.82. The van der Waals surface area contributed by atoms with Gasteiger partial charge in [0.1, 0.15) is 5.60 Å². The molecule has 0 aromatic heterocycles. The minimum absolute atomic E-state index is 0.0796. The van der Waals surface area contributed by atoms with Crippen molar-refractivity contribution in [1.82, 2.24) is 0 Å². The summed E-state index contributed by atoms with van der Waals surface area (Å²) in [4.78, 5) is 0. The first kappa shape index (κ1) is 19.1. The van der Waals surface area contributed by atoms with Gasteiger partial charge in [0.25, 0.3) is 0 Å². The van der Waals surface area contributed by atoms with Crippen molar-refractivity contribution in [3.05, 3.63) is 83.4 Å². The van der Waals surface area contributed by atoms with Crippen LogP contribution in [0.5, 0.6) is 0 Å². The van der Waals surface area contributed by atoms with Gasteiger partial charge in [0.2, 0.25) is 0 Å². The highest BCUT2D eigenvalue weighted by atomic mass is 19.4. The maximum atomic E-state index is 12.7. The van der Waals surface area contributed by atoms with Crippen LogP contribution in [0.25, 0.3) is 0 Å². The molecular formula is C18H14F6O. The van der Waals surface area contributed by atoms with E-state index < -0.39 is 29.1 Å². The Bertz CT molecular complexity index is 669. The Kier molecular flexibility index (Phi) is 4.99. The molecule has 0 radical (unpaired) electrons. The van der Waals surface area contributed by atoms with Gasteiger partial charge in [0.05, 0.1) is 11.1 Å². The molecule has 0 bridgehead atoms. The zero-order chi connectivity index (χ0) is 18.9. The molecule has 0 aliphatic heterocycles. The highest BCUT2D eigenvalue weighted by Crippen LogP contribution is 2.37. The van der Waals surface area contributed by atoms with E-state index in [2.05, 4.69) is 6.58 Å². The summed E-state index contributed by atoms with van der Waals surface area (Å²) in [5.74, 6) is 0. The van der Waals surface area contributed by atoms with Crippen LogP contribution in [0.1, 0.15) is 28.7 Å². The van der Waals surface area contributed by atoms with Crippen LogP contribution in [-0.4, -0.2) is 5.11 Å². The van der Waals surface area contributed by atoms with E-state index in [4.69, 9.17) is 0 Å². The normalized spacial score (nSPS) is 12.9. The second-order valence-corrected chi connectivity index (χ2v) is 5.50. The summed E-state index contributed by atoms with van der Waals surface area (Å²) >= 11 is 0. The molecule has 7 heteroatoms. The summed E-state index contributed by atoms with van der Waals surface area (Å²) in [6.45, 7) is 3.49. The highest BCUT2D eigenvalue weighted by Gasteiger charge is 2.35. The fourth-order valence-corrected chi connectivity index (χ4v) is 2.48. The molecule has 2 aromatic rings. The Morgan fingerprint density at radius 3 is 1.20 bits per heavy atom. The summed E-state index contributed by atoms with van der Waals surface area (Å²) in [5, 5.41) is 10.9. The molecule has 134 valence electrons. The van der Waals surface area contributed by atoms with Crippen molar-refractivity contribution in [2.24, 2.45) is 0 Å². The van der Waals surface area contributed by atoms with Crippen molar-refractivity contribution >= 4 is 0 Å². The fourth-order valence-electron chi connectivity index (χ4n) is 2.48. The van der Waals surface area contributed by atoms with Crippen LogP contribution in [0, 0.1) is 0 Å². The molecule has 2 rings (SSSR count). The number of benzene rings is 2. The lowest BCUT2D eigenvalue weighted by molar-refractivity contribution is -0.138. The molecule has 0 atom stereocenters. The third kappa shape index (κ3) is 4.04. The Balaban J connectivity index is 2.46. The molecule has 0 amide bonds. The summed E-state index contributed by atoms with van der Waals surface area (Å²) < 4.78 is 75.9. The van der Waals surface area contributed by atoms with Gasteiger partial charge in [-0.25, -0.2) is 0 Å². The number of hydrogen-bond donors (Lipinski definition) is 1. The van der Waals surface area contributed by atoms with Crippen LogP contribution < -0.4 is 0 Å². The van der Waals surface area contributed by atoms with Crippen molar-refractivity contribution < 1.29 is 31.4 Å². The average molecular weight is 360 g/mol. The molecular weight excluding hydrogens is 346 g/mol. The number of hydrogen-bond acceptors (Lipinski definition) is 1. The van der Waals surface area contributed by atoms with Crippen LogP contribution >= 0.6 is 0 Å². The average Bonchev–Trinajstić information content (AvgIpc) is 2.53. The SMILES string of the molecule is C=CCC(O)(c1ccc(C(F)(F)F)cc1)c1ccc(C(F)(F)F)cc1. The Hall–Kier alpha value is -2.28. The van der Waals surface area contributed by atoms with E-state index >= 15 is 0 Å². The van der Waals surface area contributed by atoms with Gasteiger partial charge in [0.15, 0.2) is 0 Å². The quantitative estimate of drug-likeness (QED) is 0.561. The molecule has 0 aliphatic carbocycles. The lowest BCUT2D eigenvalue weighted by Crippen LogP contribution is -2.27. The number of rotatable bonds is 4. The molecule has 0 saturated carbocycles. The van der Waals surface area contributed by atoms with E-state index in [-0.39, 0.29) is 17.5 Å². The molecule has 0 spiro atoms. The van der Waals surface area contributed by atoms with E-state index in [1.165, 1.54) is 6.08 Å². The third-order valence-electron chi connectivity index (χ3n) is 3.82. The smallest absolute Gasteiger partial charge is 0.380 e. The monoisotopic (exact) mass is 360 g/mol. The van der Waals surface area contributed by atoms with Crippen LogP contribution in [0.15, 0.2) is 61.2 Å². The van der Waals surface area contributed by atoms with Crippen molar-refractivity contribution in [2.75, 3.05) is 0 Å². The minimum atomic E-state index is -4.52. The number of aliphatic hydroxyl groups is 1. The van der Waals surface area contributed by atoms with Crippen molar-refractivity contribution in [3.8, 4) is 0 Å². The van der Waals surface area contributed by atoms with E-state index in [0.29, 0.717) is 0 Å². The molecule has 0 unspecified atom stereocenters. The second-order valence-electron chi connectivity index (χ2n) is 5.50. The Labute approximate surface area is 140 Å². The standard InChI is InChI=1S/C18H14F6O/c1-2-11-16(25,12-3-7-14(8-4-12)17(19,20)21)13-5-9-15(10-6-13)18(22,23)24/h2-10,25H,1,11H2. The van der Waals surface area contributed by atoms with Gasteiger partial charge in [-0.05, 0) is 35.4 Å². The van der Waals surface area contributed by atoms with E-state index in [1.54, 1.807) is 0 Å². The lowest BCUT2D eigenvalue weighted by Gasteiger charge is -2.29. The molecule has 1 N–H and O–H groups in total. The van der Waals surface area contributed by atoms with Gasteiger partial charge in [-0.2, -0.15) is 26.3 Å². The zero-order valence-corrected chi connectivity index (χ0v) is 12.8. The van der Waals surface area contributed by atoms with Gasteiger partial charge >= 0.3 is 12.4 Å². The molecule has 25 heavy (non-hydrogen) atoms. The number of halogens is 6. The van der Waals surface area contributed by atoms with E-state index in [0.717, 1.165) is 48.5 Å². The van der Waals surface area contributed by atoms with Crippen LogP contribution in [0.3, 0.4) is 0 Å². The molecule has 2 aromatic carbocycles. The summed E-state index contributed by atoms with van der Waals surface area (Å²) in [6.07, 6.45) is -7.79. The van der Waals surface area contributed by atoms with Crippen molar-refractivity contribution in [1.29, 1.82) is 0 Å². The zero-order valence-electron chi connectivity index (χ0n) is 12.8. The summed E-state index contributed by atoms with van der Waals surface area (Å²) in [5.41, 5.74) is -3.30. The highest BCUT2D eigenvalue weighted by molar-refractivity contribution is 5.40. The van der Waals surface area contributed by atoms with Crippen molar-refractivity contribution in [3.63, 3.8) is 0 Å². The first-order valence-corrected chi connectivity index (χ1v) is 7.17. The first-order chi connectivity index (χ1) is 11.5. The summed E-state index contributed by atoms with van der Waals surface area (Å²) in [6, 6.07) is 7.66. The molecule has 0 heterocycles. The predicted molar refractivity (Wildman–Crippen MR) is 80.7 cm³/mol. The molecule has 0 fully saturated rings. The minimum Gasteiger partial charge on any atom is -0.380 e. The maximum Gasteiger partial charge on any atom is 0.416 e. The number of alkyl halides is 6. The maximum absolute atomic E-state index is 12.7. The topological polar surface area (TPSA) is 20.2 Å². The van der Waals surface area contributed by atoms with Crippen LogP contribution in [0.4, 0.5) is 26.3 Å². The molecule has 1 nitrogen and oxygen atoms in total. The van der Waals surface area contributed by atoms with Gasteiger partial charge < -0.3 is 5.11 Å². The van der Waals surface area contributed by atoms with Gasteiger partial charge in [-0.3, -0.25) is 0 Å². The largest absolute Gasteiger partial charge is 0.416 e. The fraction of sp³-hybridized carbons (Fsp3) is 0.222.